The number of benzene rings is 1. The monoisotopic (exact) mass is 335 g/mol. The van der Waals surface area contributed by atoms with E-state index in [1.807, 2.05) is 30.9 Å². The summed E-state index contributed by atoms with van der Waals surface area (Å²) in [6.45, 7) is 5.29. The average molecular weight is 336 g/mol. The van der Waals surface area contributed by atoms with Gasteiger partial charge in [-0.25, -0.2) is 0 Å². The van der Waals surface area contributed by atoms with Crippen molar-refractivity contribution in [3.05, 3.63) is 28.8 Å². The van der Waals surface area contributed by atoms with Crippen LogP contribution in [-0.2, 0) is 4.79 Å². The van der Waals surface area contributed by atoms with Crippen LogP contribution in [0.25, 0.3) is 0 Å². The van der Waals surface area contributed by atoms with Gasteiger partial charge >= 0.3 is 0 Å². The first-order valence-electron chi connectivity index (χ1n) is 8.11. The fraction of sp³-hybridized carbons (Fsp3) is 0.556. The maximum Gasteiger partial charge on any atom is 0.223 e. The smallest absolute Gasteiger partial charge is 0.223 e. The van der Waals surface area contributed by atoms with Crippen LogP contribution in [0.5, 0.6) is 5.75 Å². The number of rotatable bonds is 2. The van der Waals surface area contributed by atoms with Gasteiger partial charge in [-0.15, -0.1) is 11.6 Å². The van der Waals surface area contributed by atoms with E-state index in [9.17, 15) is 9.59 Å². The van der Waals surface area contributed by atoms with Crippen molar-refractivity contribution < 1.29 is 14.3 Å². The normalized spacial score (nSPS) is 19.4. The molecular formula is C18H22ClNO3. The number of fused-ring (bicyclic) bond motifs is 1. The Labute approximate surface area is 141 Å². The molecule has 1 aromatic rings. The van der Waals surface area contributed by atoms with Gasteiger partial charge in [-0.3, -0.25) is 9.59 Å². The number of carbonyl (C=O) groups is 2. The first kappa shape index (κ1) is 16.3. The van der Waals surface area contributed by atoms with E-state index in [2.05, 4.69) is 0 Å². The van der Waals surface area contributed by atoms with E-state index in [4.69, 9.17) is 16.3 Å². The number of hydrogen-bond donors (Lipinski definition) is 0. The number of nitrogens with zero attached hydrogens (tertiary/aromatic N) is 1. The van der Waals surface area contributed by atoms with E-state index in [1.54, 1.807) is 0 Å². The van der Waals surface area contributed by atoms with Crippen LogP contribution in [0.3, 0.4) is 0 Å². The summed E-state index contributed by atoms with van der Waals surface area (Å²) in [5.74, 6) is 1.28. The molecule has 23 heavy (non-hydrogen) atoms. The molecule has 2 heterocycles. The lowest BCUT2D eigenvalue weighted by Gasteiger charge is -2.44. The number of aryl methyl sites for hydroxylation is 2. The molecule has 1 aromatic carbocycles. The zero-order valence-electron chi connectivity index (χ0n) is 13.7. The van der Waals surface area contributed by atoms with Gasteiger partial charge in [-0.2, -0.15) is 0 Å². The number of ether oxygens (including phenoxy) is 1. The molecule has 0 bridgehead atoms. The predicted molar refractivity (Wildman–Crippen MR) is 89.4 cm³/mol. The van der Waals surface area contributed by atoms with Crippen molar-refractivity contribution in [2.45, 2.75) is 45.1 Å². The molecule has 0 radical (unpaired) electrons. The number of Topliss-reactive ketones (excluding diaryl/α,β-unsaturated/α-hetero) is 1. The van der Waals surface area contributed by atoms with Crippen molar-refractivity contribution in [3.8, 4) is 5.75 Å². The van der Waals surface area contributed by atoms with E-state index < -0.39 is 5.60 Å². The molecule has 1 fully saturated rings. The van der Waals surface area contributed by atoms with Crippen LogP contribution in [0, 0.1) is 13.8 Å². The molecule has 4 nitrogen and oxygen atoms in total. The van der Waals surface area contributed by atoms with E-state index in [0.29, 0.717) is 56.0 Å². The molecule has 3 rings (SSSR count). The van der Waals surface area contributed by atoms with Crippen LogP contribution in [-0.4, -0.2) is 41.2 Å². The van der Waals surface area contributed by atoms with Gasteiger partial charge in [-0.05, 0) is 37.1 Å². The van der Waals surface area contributed by atoms with E-state index in [0.717, 1.165) is 11.1 Å². The third-order valence-corrected chi connectivity index (χ3v) is 5.23. The molecule has 0 saturated carbocycles. The van der Waals surface area contributed by atoms with Crippen molar-refractivity contribution in [3.63, 3.8) is 0 Å². The van der Waals surface area contributed by atoms with Gasteiger partial charge in [0.05, 0.1) is 12.0 Å². The standard InChI is InChI=1S/C18H22ClNO3/c1-12-9-14-15(21)11-18(23-16(14)10-13(12)2)4-7-20(8-5-18)17(22)3-6-19/h9-10H,3-8,11H2,1-2H3. The summed E-state index contributed by atoms with van der Waals surface area (Å²) in [6.07, 6.45) is 2.16. The highest BCUT2D eigenvalue weighted by Gasteiger charge is 2.43. The van der Waals surface area contributed by atoms with E-state index >= 15 is 0 Å². The van der Waals surface area contributed by atoms with Gasteiger partial charge in [0.1, 0.15) is 11.4 Å². The summed E-state index contributed by atoms with van der Waals surface area (Å²) in [4.78, 5) is 26.3. The Morgan fingerprint density at radius 1 is 1.26 bits per heavy atom. The van der Waals surface area contributed by atoms with Crippen molar-refractivity contribution in [2.75, 3.05) is 19.0 Å². The lowest BCUT2D eigenvalue weighted by Crippen LogP contribution is -2.52. The van der Waals surface area contributed by atoms with Crippen molar-refractivity contribution in [2.24, 2.45) is 0 Å². The number of amides is 1. The largest absolute Gasteiger partial charge is 0.486 e. The highest BCUT2D eigenvalue weighted by molar-refractivity contribution is 6.18. The zero-order valence-corrected chi connectivity index (χ0v) is 14.4. The minimum absolute atomic E-state index is 0.0869. The number of piperidine rings is 1. The fourth-order valence-corrected chi connectivity index (χ4v) is 3.59. The molecule has 1 amide bonds. The van der Waals surface area contributed by atoms with Crippen molar-refractivity contribution in [1.82, 2.24) is 4.90 Å². The molecule has 0 unspecified atom stereocenters. The van der Waals surface area contributed by atoms with Gasteiger partial charge < -0.3 is 9.64 Å². The first-order valence-corrected chi connectivity index (χ1v) is 8.65. The third kappa shape index (κ3) is 3.09. The molecule has 2 aliphatic heterocycles. The Balaban J connectivity index is 1.77. The Bertz CT molecular complexity index is 648. The minimum Gasteiger partial charge on any atom is -0.486 e. The Morgan fingerprint density at radius 2 is 1.91 bits per heavy atom. The van der Waals surface area contributed by atoms with Gasteiger partial charge in [0, 0.05) is 38.2 Å². The number of ketones is 1. The molecule has 1 spiro atoms. The molecule has 124 valence electrons. The molecule has 0 aliphatic carbocycles. The van der Waals surface area contributed by atoms with Crippen LogP contribution >= 0.6 is 11.6 Å². The van der Waals surface area contributed by atoms with Crippen LogP contribution in [0.1, 0.15) is 47.2 Å². The summed E-state index contributed by atoms with van der Waals surface area (Å²) in [5.41, 5.74) is 2.48. The Hall–Kier alpha value is -1.55. The second-order valence-electron chi connectivity index (χ2n) is 6.64. The molecular weight excluding hydrogens is 314 g/mol. The second kappa shape index (κ2) is 6.16. The molecule has 1 saturated heterocycles. The zero-order chi connectivity index (χ0) is 16.6. The molecule has 0 N–H and O–H groups in total. The van der Waals surface area contributed by atoms with Crippen LogP contribution in [0.4, 0.5) is 0 Å². The van der Waals surface area contributed by atoms with E-state index in [-0.39, 0.29) is 11.7 Å². The number of alkyl halides is 1. The average Bonchev–Trinajstić information content (AvgIpc) is 2.50. The lowest BCUT2D eigenvalue weighted by atomic mass is 9.82. The minimum atomic E-state index is -0.455. The lowest BCUT2D eigenvalue weighted by molar-refractivity contribution is -0.134. The highest BCUT2D eigenvalue weighted by Crippen LogP contribution is 2.40. The quantitative estimate of drug-likeness (QED) is 0.779. The summed E-state index contributed by atoms with van der Waals surface area (Å²) in [6, 6.07) is 3.90. The van der Waals surface area contributed by atoms with Crippen LogP contribution < -0.4 is 4.74 Å². The summed E-state index contributed by atoms with van der Waals surface area (Å²) in [5, 5.41) is 0. The van der Waals surface area contributed by atoms with Crippen LogP contribution in [0.15, 0.2) is 12.1 Å². The summed E-state index contributed by atoms with van der Waals surface area (Å²) >= 11 is 5.64. The third-order valence-electron chi connectivity index (χ3n) is 5.04. The fourth-order valence-electron chi connectivity index (χ4n) is 3.43. The summed E-state index contributed by atoms with van der Waals surface area (Å²) in [7, 11) is 0. The molecule has 0 aromatic heterocycles. The van der Waals surface area contributed by atoms with Gasteiger partial charge in [0.25, 0.3) is 0 Å². The van der Waals surface area contributed by atoms with Crippen molar-refractivity contribution in [1.29, 1.82) is 0 Å². The van der Waals surface area contributed by atoms with Gasteiger partial charge in [0.15, 0.2) is 5.78 Å². The topological polar surface area (TPSA) is 46.6 Å². The first-order chi connectivity index (χ1) is 10.9. The number of halogens is 1. The Kier molecular flexibility index (Phi) is 4.37. The van der Waals surface area contributed by atoms with Gasteiger partial charge in [0.2, 0.25) is 5.91 Å². The van der Waals surface area contributed by atoms with Crippen molar-refractivity contribution >= 4 is 23.3 Å². The number of hydrogen-bond acceptors (Lipinski definition) is 3. The summed E-state index contributed by atoms with van der Waals surface area (Å²) < 4.78 is 6.27. The van der Waals surface area contributed by atoms with Gasteiger partial charge in [-0.1, -0.05) is 0 Å². The molecule has 0 atom stereocenters. The number of likely N-dealkylation sites (tertiary alicyclic amines) is 1. The maximum atomic E-state index is 12.6. The number of carbonyl (C=O) groups excluding carboxylic acids is 2. The Morgan fingerprint density at radius 3 is 2.57 bits per heavy atom. The highest BCUT2D eigenvalue weighted by atomic mass is 35.5. The SMILES string of the molecule is Cc1cc2c(cc1C)C(=O)CC1(CCN(C(=O)CCCl)CC1)O2. The van der Waals surface area contributed by atoms with E-state index in [1.165, 1.54) is 0 Å². The van der Waals surface area contributed by atoms with Crippen LogP contribution in [0.2, 0.25) is 0 Å². The predicted octanol–water partition coefficient (Wildman–Crippen LogP) is 3.26. The second-order valence-corrected chi connectivity index (χ2v) is 7.02. The molecule has 2 aliphatic rings. The maximum absolute atomic E-state index is 12.6. The molecule has 5 heteroatoms.